The van der Waals surface area contributed by atoms with Crippen molar-refractivity contribution in [1.29, 1.82) is 0 Å². The molecule has 0 spiro atoms. The SMILES string of the molecule is CCCCCCC/C=C\C/C=C\CCCCCCCCCCCCCC(=O)OC(COCCC(C(=O)[O-])[N+](C)(C)C)COC(=O)CCCC. The Kier molecular flexibility index (Phi) is 31.5. The summed E-state index contributed by atoms with van der Waals surface area (Å²) in [5.41, 5.74) is 0. The van der Waals surface area contributed by atoms with Gasteiger partial charge in [0, 0.05) is 19.3 Å². The second-order valence-corrected chi connectivity index (χ2v) is 14.5. The Morgan fingerprint density at radius 3 is 1.61 bits per heavy atom. The lowest BCUT2D eigenvalue weighted by atomic mass is 10.0. The number of esters is 2. The van der Waals surface area contributed by atoms with Crippen LogP contribution in [0.25, 0.3) is 0 Å². The van der Waals surface area contributed by atoms with Crippen LogP contribution >= 0.6 is 0 Å². The molecule has 286 valence electrons. The van der Waals surface area contributed by atoms with E-state index in [-0.39, 0.29) is 42.7 Å². The molecule has 0 saturated heterocycles. The highest BCUT2D eigenvalue weighted by molar-refractivity contribution is 5.70. The summed E-state index contributed by atoms with van der Waals surface area (Å²) in [6.07, 6.45) is 34.5. The summed E-state index contributed by atoms with van der Waals surface area (Å²) in [6, 6.07) is -0.720. The fourth-order valence-corrected chi connectivity index (χ4v) is 5.67. The molecule has 0 aromatic rings. The molecular formula is C41H75NO7. The number of carbonyl (C=O) groups is 3. The molecule has 0 bridgehead atoms. The maximum atomic E-state index is 12.5. The predicted molar refractivity (Wildman–Crippen MR) is 199 cm³/mol. The third kappa shape index (κ3) is 31.5. The molecular weight excluding hydrogens is 618 g/mol. The topological polar surface area (TPSA) is 102 Å². The van der Waals surface area contributed by atoms with Crippen molar-refractivity contribution in [3.05, 3.63) is 24.3 Å². The highest BCUT2D eigenvalue weighted by Crippen LogP contribution is 2.14. The minimum Gasteiger partial charge on any atom is -0.544 e. The van der Waals surface area contributed by atoms with Crippen molar-refractivity contribution in [2.45, 2.75) is 180 Å². The van der Waals surface area contributed by atoms with Gasteiger partial charge in [0.05, 0.1) is 40.3 Å². The zero-order valence-corrected chi connectivity index (χ0v) is 32.4. The number of carbonyl (C=O) groups excluding carboxylic acids is 3. The monoisotopic (exact) mass is 694 g/mol. The second kappa shape index (κ2) is 33.0. The van der Waals surface area contributed by atoms with E-state index in [0.717, 1.165) is 38.5 Å². The third-order valence-corrected chi connectivity index (χ3v) is 8.84. The number of unbranched alkanes of at least 4 members (excludes halogenated alkanes) is 17. The van der Waals surface area contributed by atoms with Crippen LogP contribution < -0.4 is 5.11 Å². The first-order valence-corrected chi connectivity index (χ1v) is 19.9. The van der Waals surface area contributed by atoms with Crippen molar-refractivity contribution in [3.8, 4) is 0 Å². The fourth-order valence-electron chi connectivity index (χ4n) is 5.67. The van der Waals surface area contributed by atoms with Crippen LogP contribution in [-0.2, 0) is 28.6 Å². The Labute approximate surface area is 301 Å². The highest BCUT2D eigenvalue weighted by atomic mass is 16.6. The molecule has 0 aromatic heterocycles. The van der Waals surface area contributed by atoms with Crippen LogP contribution in [0.5, 0.6) is 0 Å². The van der Waals surface area contributed by atoms with Gasteiger partial charge in [-0.2, -0.15) is 0 Å². The van der Waals surface area contributed by atoms with Gasteiger partial charge in [-0.15, -0.1) is 0 Å². The number of allylic oxidation sites excluding steroid dienone is 4. The maximum Gasteiger partial charge on any atom is 0.306 e. The molecule has 49 heavy (non-hydrogen) atoms. The first kappa shape index (κ1) is 46.8. The number of ether oxygens (including phenoxy) is 3. The number of hydrogen-bond acceptors (Lipinski definition) is 7. The summed E-state index contributed by atoms with van der Waals surface area (Å²) in [7, 11) is 5.38. The van der Waals surface area contributed by atoms with Crippen molar-refractivity contribution in [2.24, 2.45) is 0 Å². The Balaban J connectivity index is 3.97. The van der Waals surface area contributed by atoms with Gasteiger partial charge in [-0.05, 0) is 44.9 Å². The summed E-state index contributed by atoms with van der Waals surface area (Å²) in [5, 5.41) is 11.5. The van der Waals surface area contributed by atoms with Gasteiger partial charge in [-0.25, -0.2) is 0 Å². The Morgan fingerprint density at radius 2 is 1.10 bits per heavy atom. The number of nitrogens with zero attached hydrogens (tertiary/aromatic N) is 1. The van der Waals surface area contributed by atoms with Crippen molar-refractivity contribution < 1.29 is 38.2 Å². The van der Waals surface area contributed by atoms with Crippen LogP contribution in [0.1, 0.15) is 168 Å². The summed E-state index contributed by atoms with van der Waals surface area (Å²) >= 11 is 0. The molecule has 8 heteroatoms. The fraction of sp³-hybridized carbons (Fsp3) is 0.829. The van der Waals surface area contributed by atoms with E-state index >= 15 is 0 Å². The molecule has 0 aliphatic carbocycles. The number of quaternary nitrogens is 1. The number of carboxylic acid groups (broad SMARTS) is 1. The first-order chi connectivity index (χ1) is 23.6. The zero-order chi connectivity index (χ0) is 36.4. The summed E-state index contributed by atoms with van der Waals surface area (Å²) in [6.45, 7) is 4.40. The van der Waals surface area contributed by atoms with E-state index in [1.165, 1.54) is 96.3 Å². The molecule has 0 saturated carbocycles. The van der Waals surface area contributed by atoms with Crippen LogP contribution in [0.3, 0.4) is 0 Å². The number of rotatable bonds is 35. The number of aliphatic carboxylic acids is 1. The first-order valence-electron chi connectivity index (χ1n) is 19.9. The van der Waals surface area contributed by atoms with E-state index < -0.39 is 18.1 Å². The largest absolute Gasteiger partial charge is 0.544 e. The van der Waals surface area contributed by atoms with Crippen molar-refractivity contribution in [1.82, 2.24) is 0 Å². The van der Waals surface area contributed by atoms with E-state index in [0.29, 0.717) is 12.8 Å². The molecule has 0 rings (SSSR count). The molecule has 2 unspecified atom stereocenters. The van der Waals surface area contributed by atoms with Crippen molar-refractivity contribution in [2.75, 3.05) is 41.0 Å². The van der Waals surface area contributed by atoms with Gasteiger partial charge in [0.2, 0.25) is 0 Å². The lowest BCUT2D eigenvalue weighted by molar-refractivity contribution is -0.889. The van der Waals surface area contributed by atoms with Gasteiger partial charge in [-0.1, -0.05) is 128 Å². The summed E-state index contributed by atoms with van der Waals surface area (Å²) < 4.78 is 16.8. The lowest BCUT2D eigenvalue weighted by Crippen LogP contribution is -2.55. The molecule has 0 aliphatic rings. The van der Waals surface area contributed by atoms with Gasteiger partial charge in [0.15, 0.2) is 6.10 Å². The van der Waals surface area contributed by atoms with Crippen LogP contribution in [0.2, 0.25) is 0 Å². The van der Waals surface area contributed by atoms with E-state index in [4.69, 9.17) is 14.2 Å². The van der Waals surface area contributed by atoms with Crippen molar-refractivity contribution >= 4 is 17.9 Å². The third-order valence-electron chi connectivity index (χ3n) is 8.84. The molecule has 0 fully saturated rings. The minimum absolute atomic E-state index is 0.0397. The van der Waals surface area contributed by atoms with E-state index in [1.54, 1.807) is 21.1 Å². The van der Waals surface area contributed by atoms with E-state index in [9.17, 15) is 19.5 Å². The normalized spacial score (nSPS) is 13.2. The highest BCUT2D eigenvalue weighted by Gasteiger charge is 2.25. The lowest BCUT2D eigenvalue weighted by Gasteiger charge is -2.34. The maximum absolute atomic E-state index is 12.5. The van der Waals surface area contributed by atoms with Gasteiger partial charge in [-0.3, -0.25) is 9.59 Å². The zero-order valence-electron chi connectivity index (χ0n) is 32.4. The summed E-state index contributed by atoms with van der Waals surface area (Å²) in [4.78, 5) is 36.0. The molecule has 0 N–H and O–H groups in total. The standard InChI is InChI=1S/C41H75NO7/c1-6-8-10-11-12-13-14-15-16-17-18-19-20-21-22-23-24-25-26-27-28-29-30-32-40(44)49-37(36-48-39(43)31-9-7-2)35-47-34-33-38(41(45)46)42(3,4)5/h14-15,17-18,37-38H,6-13,16,19-36H2,1-5H3/b15-14-,18-17-. The van der Waals surface area contributed by atoms with Gasteiger partial charge in [0.25, 0.3) is 0 Å². The average molecular weight is 694 g/mol. The smallest absolute Gasteiger partial charge is 0.306 e. The quantitative estimate of drug-likeness (QED) is 0.0283. The van der Waals surface area contributed by atoms with Crippen LogP contribution in [0, 0.1) is 0 Å². The van der Waals surface area contributed by atoms with Crippen LogP contribution in [0.4, 0.5) is 0 Å². The Bertz CT molecular complexity index is 864. The molecule has 2 atom stereocenters. The van der Waals surface area contributed by atoms with E-state index in [1.807, 2.05) is 6.92 Å². The molecule has 0 amide bonds. The van der Waals surface area contributed by atoms with Crippen LogP contribution in [0.15, 0.2) is 24.3 Å². The van der Waals surface area contributed by atoms with E-state index in [2.05, 4.69) is 31.2 Å². The number of hydrogen-bond donors (Lipinski definition) is 0. The Hall–Kier alpha value is -2.19. The predicted octanol–water partition coefficient (Wildman–Crippen LogP) is 8.80. The average Bonchev–Trinajstić information content (AvgIpc) is 3.05. The van der Waals surface area contributed by atoms with Crippen molar-refractivity contribution in [3.63, 3.8) is 0 Å². The van der Waals surface area contributed by atoms with Gasteiger partial charge in [0.1, 0.15) is 12.6 Å². The Morgan fingerprint density at radius 1 is 0.612 bits per heavy atom. The molecule has 0 aromatic carbocycles. The summed E-state index contributed by atoms with van der Waals surface area (Å²) in [5.74, 6) is -1.78. The second-order valence-electron chi connectivity index (χ2n) is 14.5. The number of carboxylic acids is 1. The minimum atomic E-state index is -1.13. The van der Waals surface area contributed by atoms with Gasteiger partial charge >= 0.3 is 11.9 Å². The molecule has 0 heterocycles. The number of likely N-dealkylation sites (N-methyl/N-ethyl adjacent to an activating group) is 1. The molecule has 8 nitrogen and oxygen atoms in total. The molecule has 0 aliphatic heterocycles. The van der Waals surface area contributed by atoms with Gasteiger partial charge < -0.3 is 28.6 Å². The van der Waals surface area contributed by atoms with Crippen LogP contribution in [-0.4, -0.2) is 75.5 Å². The molecule has 0 radical (unpaired) electrons.